The fourth-order valence-electron chi connectivity index (χ4n) is 2.90. The number of aromatic amines is 1. The lowest BCUT2D eigenvalue weighted by Gasteiger charge is -2.09. The maximum atomic E-state index is 12.3. The molecule has 27 heavy (non-hydrogen) atoms. The molecule has 7 heteroatoms. The molecule has 0 atom stereocenters. The number of aryl methyl sites for hydroxylation is 1. The summed E-state index contributed by atoms with van der Waals surface area (Å²) >= 11 is 0. The van der Waals surface area contributed by atoms with Crippen LogP contribution in [0, 0.1) is 0 Å². The van der Waals surface area contributed by atoms with Crippen LogP contribution >= 0.6 is 0 Å². The van der Waals surface area contributed by atoms with Crippen LogP contribution < -0.4 is 10.9 Å². The number of amides is 1. The smallest absolute Gasteiger partial charge is 0.248 e. The standard InChI is InChI=1S/C20H20N2O4S/c1-2-14-12-20(24)22-18-13-15(8-9-17(14)18)21-19(23)10-11-27(25,26)16-6-4-3-5-7-16/h3-9,12-13H,2,10-11H2,1H3,(H,21,23)(H,22,24). The van der Waals surface area contributed by atoms with E-state index in [4.69, 9.17) is 0 Å². The summed E-state index contributed by atoms with van der Waals surface area (Å²) in [7, 11) is -3.51. The van der Waals surface area contributed by atoms with Crippen LogP contribution in [0.25, 0.3) is 10.9 Å². The molecule has 0 aliphatic heterocycles. The Morgan fingerprint density at radius 3 is 2.52 bits per heavy atom. The lowest BCUT2D eigenvalue weighted by molar-refractivity contribution is -0.115. The van der Waals surface area contributed by atoms with Crippen LogP contribution in [0.4, 0.5) is 5.69 Å². The first kappa shape index (κ1) is 18.8. The molecule has 0 bridgehead atoms. The summed E-state index contributed by atoms with van der Waals surface area (Å²) in [5.74, 6) is -0.671. The van der Waals surface area contributed by atoms with Crippen molar-refractivity contribution in [1.82, 2.24) is 4.98 Å². The van der Waals surface area contributed by atoms with Gasteiger partial charge in [0.1, 0.15) is 0 Å². The van der Waals surface area contributed by atoms with Crippen molar-refractivity contribution in [3.8, 4) is 0 Å². The van der Waals surface area contributed by atoms with Gasteiger partial charge in [-0.25, -0.2) is 8.42 Å². The number of aromatic nitrogens is 1. The molecule has 0 unspecified atom stereocenters. The molecule has 3 aromatic rings. The van der Waals surface area contributed by atoms with Gasteiger partial charge in [-0.2, -0.15) is 0 Å². The van der Waals surface area contributed by atoms with Crippen molar-refractivity contribution >= 4 is 32.3 Å². The molecule has 140 valence electrons. The van der Waals surface area contributed by atoms with E-state index in [1.165, 1.54) is 12.1 Å². The topological polar surface area (TPSA) is 96.1 Å². The number of fused-ring (bicyclic) bond motifs is 1. The number of pyridine rings is 1. The minimum atomic E-state index is -3.51. The highest BCUT2D eigenvalue weighted by molar-refractivity contribution is 7.91. The van der Waals surface area contributed by atoms with E-state index in [-0.39, 0.29) is 22.6 Å². The molecule has 0 aliphatic carbocycles. The van der Waals surface area contributed by atoms with Crippen molar-refractivity contribution in [1.29, 1.82) is 0 Å². The zero-order valence-electron chi connectivity index (χ0n) is 14.9. The lowest BCUT2D eigenvalue weighted by Crippen LogP contribution is -2.17. The number of nitrogens with one attached hydrogen (secondary N) is 2. The van der Waals surface area contributed by atoms with Crippen molar-refractivity contribution in [2.45, 2.75) is 24.7 Å². The summed E-state index contributed by atoms with van der Waals surface area (Å²) in [6.45, 7) is 1.97. The van der Waals surface area contributed by atoms with Gasteiger partial charge in [0, 0.05) is 23.6 Å². The maximum Gasteiger partial charge on any atom is 0.248 e. The SMILES string of the molecule is CCc1cc(=O)[nH]c2cc(NC(=O)CCS(=O)(=O)c3ccccc3)ccc12. The Hall–Kier alpha value is -2.93. The molecule has 2 N–H and O–H groups in total. The second kappa shape index (κ2) is 7.75. The van der Waals surface area contributed by atoms with E-state index in [1.807, 2.05) is 13.0 Å². The molecule has 0 saturated heterocycles. The van der Waals surface area contributed by atoms with Gasteiger partial charge in [0.25, 0.3) is 0 Å². The number of anilines is 1. The molecule has 1 aromatic heterocycles. The largest absolute Gasteiger partial charge is 0.326 e. The summed E-state index contributed by atoms with van der Waals surface area (Å²) in [6.07, 6.45) is 0.574. The van der Waals surface area contributed by atoms with Gasteiger partial charge in [-0.15, -0.1) is 0 Å². The Balaban J connectivity index is 1.72. The highest BCUT2D eigenvalue weighted by atomic mass is 32.2. The molecule has 0 aliphatic rings. The molecule has 6 nitrogen and oxygen atoms in total. The minimum absolute atomic E-state index is 0.152. The summed E-state index contributed by atoms with van der Waals surface area (Å²) in [5, 5.41) is 3.61. The fourth-order valence-corrected chi connectivity index (χ4v) is 4.16. The van der Waals surface area contributed by atoms with E-state index < -0.39 is 15.7 Å². The normalized spacial score (nSPS) is 11.4. The molecule has 3 rings (SSSR count). The zero-order valence-corrected chi connectivity index (χ0v) is 15.7. The maximum absolute atomic E-state index is 12.3. The molecular weight excluding hydrogens is 364 g/mol. The monoisotopic (exact) mass is 384 g/mol. The van der Waals surface area contributed by atoms with E-state index in [9.17, 15) is 18.0 Å². The number of carbonyl (C=O) groups excluding carboxylic acids is 1. The Morgan fingerprint density at radius 1 is 1.07 bits per heavy atom. The van der Waals surface area contributed by atoms with E-state index in [0.29, 0.717) is 11.2 Å². The van der Waals surface area contributed by atoms with Crippen molar-refractivity contribution in [3.05, 3.63) is 70.5 Å². The number of rotatable bonds is 6. The van der Waals surface area contributed by atoms with Crippen molar-refractivity contribution in [2.24, 2.45) is 0 Å². The Morgan fingerprint density at radius 2 is 1.81 bits per heavy atom. The Bertz CT molecular complexity index is 1140. The summed E-state index contributed by atoms with van der Waals surface area (Å²) in [4.78, 5) is 26.9. The molecule has 0 fully saturated rings. The van der Waals surface area contributed by atoms with E-state index in [2.05, 4.69) is 10.3 Å². The minimum Gasteiger partial charge on any atom is -0.326 e. The first-order chi connectivity index (χ1) is 12.9. The van der Waals surface area contributed by atoms with Crippen LogP contribution in [0.1, 0.15) is 18.9 Å². The van der Waals surface area contributed by atoms with Gasteiger partial charge >= 0.3 is 0 Å². The van der Waals surface area contributed by atoms with Gasteiger partial charge in [0.05, 0.1) is 16.2 Å². The molecule has 0 spiro atoms. The second-order valence-corrected chi connectivity index (χ2v) is 8.31. The van der Waals surface area contributed by atoms with Gasteiger partial charge in [-0.1, -0.05) is 31.2 Å². The Labute approximate surface area is 157 Å². The zero-order chi connectivity index (χ0) is 19.4. The van der Waals surface area contributed by atoms with E-state index in [1.54, 1.807) is 36.4 Å². The summed E-state index contributed by atoms with van der Waals surface area (Å²) < 4.78 is 24.5. The van der Waals surface area contributed by atoms with Gasteiger partial charge in [0.15, 0.2) is 9.84 Å². The quantitative estimate of drug-likeness (QED) is 0.683. The number of H-pyrrole nitrogens is 1. The summed E-state index contributed by atoms with van der Waals surface area (Å²) in [6, 6.07) is 14.9. The number of sulfone groups is 1. The van der Waals surface area contributed by atoms with Crippen molar-refractivity contribution < 1.29 is 13.2 Å². The number of benzene rings is 2. The first-order valence-corrected chi connectivity index (χ1v) is 10.3. The third-order valence-electron chi connectivity index (χ3n) is 4.29. The van der Waals surface area contributed by atoms with Gasteiger partial charge < -0.3 is 10.3 Å². The van der Waals surface area contributed by atoms with Crippen LogP contribution in [0.3, 0.4) is 0 Å². The van der Waals surface area contributed by atoms with E-state index >= 15 is 0 Å². The number of carbonyl (C=O) groups is 1. The van der Waals surface area contributed by atoms with Gasteiger partial charge in [0.2, 0.25) is 11.5 Å². The predicted octanol–water partition coefficient (Wildman–Crippen LogP) is 2.89. The van der Waals surface area contributed by atoms with Crippen molar-refractivity contribution in [2.75, 3.05) is 11.1 Å². The highest BCUT2D eigenvalue weighted by Gasteiger charge is 2.16. The van der Waals surface area contributed by atoms with Crippen LogP contribution in [-0.4, -0.2) is 25.1 Å². The van der Waals surface area contributed by atoms with Gasteiger partial charge in [-0.05, 0) is 36.2 Å². The highest BCUT2D eigenvalue weighted by Crippen LogP contribution is 2.20. The first-order valence-electron chi connectivity index (χ1n) is 8.62. The third kappa shape index (κ3) is 4.43. The fraction of sp³-hybridized carbons (Fsp3) is 0.200. The molecule has 2 aromatic carbocycles. The number of hydrogen-bond acceptors (Lipinski definition) is 4. The van der Waals surface area contributed by atoms with Gasteiger partial charge in [-0.3, -0.25) is 9.59 Å². The molecular formula is C20H20N2O4S. The van der Waals surface area contributed by atoms with Crippen LogP contribution in [0.15, 0.2) is 64.3 Å². The lowest BCUT2D eigenvalue weighted by atomic mass is 10.1. The summed E-state index contributed by atoms with van der Waals surface area (Å²) in [5.41, 5.74) is 1.87. The average molecular weight is 384 g/mol. The molecule has 0 radical (unpaired) electrons. The van der Waals surface area contributed by atoms with Crippen molar-refractivity contribution in [3.63, 3.8) is 0 Å². The average Bonchev–Trinajstić information content (AvgIpc) is 2.66. The third-order valence-corrected chi connectivity index (χ3v) is 6.03. The Kier molecular flexibility index (Phi) is 5.41. The van der Waals surface area contributed by atoms with Crippen LogP contribution in [0.5, 0.6) is 0 Å². The van der Waals surface area contributed by atoms with E-state index in [0.717, 1.165) is 17.4 Å². The second-order valence-electron chi connectivity index (χ2n) is 6.20. The van der Waals surface area contributed by atoms with Crippen LogP contribution in [0.2, 0.25) is 0 Å². The number of hydrogen-bond donors (Lipinski definition) is 2. The van der Waals surface area contributed by atoms with Crippen LogP contribution in [-0.2, 0) is 21.1 Å². The molecule has 0 saturated carbocycles. The predicted molar refractivity (Wildman–Crippen MR) is 106 cm³/mol. The molecule has 1 heterocycles. The molecule has 1 amide bonds.